The number of hydrogen-bond donors (Lipinski definition) is 0. The van der Waals surface area contributed by atoms with E-state index in [-0.39, 0.29) is 22.9 Å². The second-order valence-electron chi connectivity index (χ2n) is 5.83. The zero-order valence-corrected chi connectivity index (χ0v) is 15.5. The molecule has 1 heterocycles. The van der Waals surface area contributed by atoms with Crippen LogP contribution in [-0.4, -0.2) is 27.7 Å². The smallest absolute Gasteiger partial charge is 0.308 e. The summed E-state index contributed by atoms with van der Waals surface area (Å²) in [6, 6.07) is 10.3. The summed E-state index contributed by atoms with van der Waals surface area (Å²) in [5, 5.41) is 16.8. The lowest BCUT2D eigenvalue weighted by Gasteiger charge is -2.19. The lowest BCUT2D eigenvalue weighted by atomic mass is 10.1. The average Bonchev–Trinajstić information content (AvgIpc) is 3.07. The molecule has 1 atom stereocenters. The molecule has 0 saturated carbocycles. The van der Waals surface area contributed by atoms with Gasteiger partial charge < -0.3 is 9.47 Å². The lowest BCUT2D eigenvalue weighted by molar-refractivity contribution is -0.384. The number of carbonyl (C=O) groups is 2. The molecule has 0 N–H and O–H groups in total. The van der Waals surface area contributed by atoms with Crippen LogP contribution in [0.1, 0.15) is 31.2 Å². The van der Waals surface area contributed by atoms with E-state index >= 15 is 0 Å². The Morgan fingerprint density at radius 3 is 2.61 bits per heavy atom. The molecule has 0 fully saturated rings. The van der Waals surface area contributed by atoms with Gasteiger partial charge in [0, 0.05) is 36.6 Å². The first-order valence-electron chi connectivity index (χ1n) is 8.04. The van der Waals surface area contributed by atoms with E-state index < -0.39 is 23.0 Å². The number of nitro benzene ring substituents is 1. The molecule has 2 aromatic carbocycles. The Labute approximate surface area is 164 Å². The Kier molecular flexibility index (Phi) is 5.27. The Balaban J connectivity index is 2.06. The van der Waals surface area contributed by atoms with Crippen LogP contribution in [0.5, 0.6) is 5.75 Å². The van der Waals surface area contributed by atoms with Crippen molar-refractivity contribution in [1.82, 2.24) is 5.01 Å². The number of carbonyl (C=O) groups excluding carboxylic acids is 2. The second kappa shape index (κ2) is 7.65. The Morgan fingerprint density at radius 1 is 1.25 bits per heavy atom. The third-order valence-corrected chi connectivity index (χ3v) is 3.99. The predicted octanol–water partition coefficient (Wildman–Crippen LogP) is 3.41. The zero-order chi connectivity index (χ0) is 20.4. The van der Waals surface area contributed by atoms with E-state index in [2.05, 4.69) is 5.10 Å². The van der Waals surface area contributed by atoms with Crippen molar-refractivity contribution in [2.24, 2.45) is 5.10 Å². The number of non-ortho nitro benzene ring substituents is 1. The summed E-state index contributed by atoms with van der Waals surface area (Å²) in [6.07, 6.45) is -0.921. The van der Waals surface area contributed by atoms with Crippen LogP contribution in [0.4, 0.5) is 5.69 Å². The molecule has 1 unspecified atom stereocenters. The molecule has 0 aliphatic carbocycles. The normalized spacial score (nSPS) is 15.6. The van der Waals surface area contributed by atoms with Crippen molar-refractivity contribution in [1.29, 1.82) is 0 Å². The molecule has 0 bridgehead atoms. The number of halogens is 1. The first-order valence-corrected chi connectivity index (χ1v) is 8.42. The Hall–Kier alpha value is -3.46. The fraction of sp³-hybridized carbons (Fsp3) is 0.167. The first-order chi connectivity index (χ1) is 13.3. The number of hydrogen-bond acceptors (Lipinski definition) is 7. The van der Waals surface area contributed by atoms with Crippen molar-refractivity contribution in [3.63, 3.8) is 0 Å². The fourth-order valence-corrected chi connectivity index (χ4v) is 2.79. The second-order valence-corrected chi connectivity index (χ2v) is 6.26. The first kappa shape index (κ1) is 19.3. The minimum absolute atomic E-state index is 0.0205. The summed E-state index contributed by atoms with van der Waals surface area (Å²) in [5.41, 5.74) is 0.374. The standard InChI is InChI=1S/C18H14ClN3O6/c1-10(23)21-18(12-4-3-5-13(19)8-12)28-17(20-21)15-9-14(22(25)26)6-7-16(15)27-11(2)24/h3-9,18H,1-2H3. The Bertz CT molecular complexity index is 1010. The molecule has 1 aliphatic rings. The van der Waals surface area contributed by atoms with Crippen molar-refractivity contribution in [3.05, 3.63) is 68.7 Å². The highest BCUT2D eigenvalue weighted by molar-refractivity contribution is 6.30. The molecule has 0 saturated heterocycles. The molecule has 1 aliphatic heterocycles. The van der Waals surface area contributed by atoms with Gasteiger partial charge in [0.05, 0.1) is 10.5 Å². The Morgan fingerprint density at radius 2 is 2.00 bits per heavy atom. The molecular formula is C18H14ClN3O6. The van der Waals surface area contributed by atoms with Crippen molar-refractivity contribution in [2.75, 3.05) is 0 Å². The van der Waals surface area contributed by atoms with Gasteiger partial charge in [-0.15, -0.1) is 5.10 Å². The van der Waals surface area contributed by atoms with Crippen LogP contribution in [0.15, 0.2) is 47.6 Å². The molecule has 9 nitrogen and oxygen atoms in total. The SMILES string of the molecule is CC(=O)Oc1ccc([N+](=O)[O-])cc1C1=NN(C(C)=O)C(c2cccc(Cl)c2)O1. The summed E-state index contributed by atoms with van der Waals surface area (Å²) >= 11 is 6.01. The third kappa shape index (κ3) is 3.94. The summed E-state index contributed by atoms with van der Waals surface area (Å²) in [7, 11) is 0. The van der Waals surface area contributed by atoms with Crippen LogP contribution in [0.3, 0.4) is 0 Å². The van der Waals surface area contributed by atoms with Gasteiger partial charge >= 0.3 is 5.97 Å². The van der Waals surface area contributed by atoms with Crippen LogP contribution >= 0.6 is 11.6 Å². The maximum Gasteiger partial charge on any atom is 0.308 e. The van der Waals surface area contributed by atoms with Crippen molar-refractivity contribution in [2.45, 2.75) is 20.1 Å². The van der Waals surface area contributed by atoms with E-state index in [4.69, 9.17) is 21.1 Å². The molecule has 0 radical (unpaired) electrons. The highest BCUT2D eigenvalue weighted by Gasteiger charge is 2.35. The largest absolute Gasteiger partial charge is 0.446 e. The van der Waals surface area contributed by atoms with Gasteiger partial charge in [-0.1, -0.05) is 23.7 Å². The maximum absolute atomic E-state index is 12.0. The number of ether oxygens (including phenoxy) is 2. The number of amides is 1. The van der Waals surface area contributed by atoms with Crippen molar-refractivity contribution in [3.8, 4) is 5.75 Å². The van der Waals surface area contributed by atoms with Gasteiger partial charge in [0.2, 0.25) is 18.0 Å². The van der Waals surface area contributed by atoms with Gasteiger partial charge in [0.15, 0.2) is 0 Å². The summed E-state index contributed by atoms with van der Waals surface area (Å²) in [4.78, 5) is 34.0. The molecule has 28 heavy (non-hydrogen) atoms. The van der Waals surface area contributed by atoms with Gasteiger partial charge in [-0.3, -0.25) is 19.7 Å². The molecule has 10 heteroatoms. The van der Waals surface area contributed by atoms with E-state index in [1.807, 2.05) is 0 Å². The molecule has 144 valence electrons. The van der Waals surface area contributed by atoms with E-state index in [0.29, 0.717) is 10.6 Å². The van der Waals surface area contributed by atoms with Gasteiger partial charge in [0.25, 0.3) is 5.69 Å². The highest BCUT2D eigenvalue weighted by Crippen LogP contribution is 2.35. The van der Waals surface area contributed by atoms with E-state index in [1.165, 1.54) is 26.0 Å². The fourth-order valence-electron chi connectivity index (χ4n) is 2.59. The number of esters is 1. The van der Waals surface area contributed by atoms with Gasteiger partial charge in [-0.2, -0.15) is 5.01 Å². The van der Waals surface area contributed by atoms with E-state index in [1.54, 1.807) is 24.3 Å². The number of hydrazone groups is 1. The van der Waals surface area contributed by atoms with Crippen LogP contribution in [0.2, 0.25) is 5.02 Å². The molecular weight excluding hydrogens is 390 g/mol. The highest BCUT2D eigenvalue weighted by atomic mass is 35.5. The number of nitro groups is 1. The third-order valence-electron chi connectivity index (χ3n) is 3.76. The van der Waals surface area contributed by atoms with E-state index in [0.717, 1.165) is 11.1 Å². The monoisotopic (exact) mass is 403 g/mol. The quantitative estimate of drug-likeness (QED) is 0.334. The topological polar surface area (TPSA) is 111 Å². The minimum Gasteiger partial charge on any atom is -0.446 e. The number of nitrogens with zero attached hydrogens (tertiary/aromatic N) is 3. The van der Waals surface area contributed by atoms with Gasteiger partial charge in [0.1, 0.15) is 5.75 Å². The van der Waals surface area contributed by atoms with Crippen LogP contribution in [-0.2, 0) is 14.3 Å². The summed E-state index contributed by atoms with van der Waals surface area (Å²) in [6.45, 7) is 2.49. The van der Waals surface area contributed by atoms with Crippen LogP contribution < -0.4 is 4.74 Å². The minimum atomic E-state index is -0.921. The lowest BCUT2D eigenvalue weighted by Crippen LogP contribution is -2.25. The van der Waals surface area contributed by atoms with Crippen LogP contribution in [0, 0.1) is 10.1 Å². The van der Waals surface area contributed by atoms with Crippen LogP contribution in [0.25, 0.3) is 0 Å². The van der Waals surface area contributed by atoms with Gasteiger partial charge in [-0.05, 0) is 18.2 Å². The molecule has 0 aromatic heterocycles. The van der Waals surface area contributed by atoms with Crippen molar-refractivity contribution < 1.29 is 24.0 Å². The van der Waals surface area contributed by atoms with Gasteiger partial charge in [-0.25, -0.2) is 0 Å². The summed E-state index contributed by atoms with van der Waals surface area (Å²) < 4.78 is 10.9. The average molecular weight is 404 g/mol. The van der Waals surface area contributed by atoms with E-state index in [9.17, 15) is 19.7 Å². The summed E-state index contributed by atoms with van der Waals surface area (Å²) in [5.74, 6) is -1.12. The van der Waals surface area contributed by atoms with Crippen molar-refractivity contribution >= 4 is 35.1 Å². The molecule has 1 amide bonds. The molecule has 3 rings (SSSR count). The predicted molar refractivity (Wildman–Crippen MR) is 98.7 cm³/mol. The zero-order valence-electron chi connectivity index (χ0n) is 14.8. The number of rotatable bonds is 4. The maximum atomic E-state index is 12.0. The molecule has 0 spiro atoms. The number of benzene rings is 2. The molecule has 2 aromatic rings.